The van der Waals surface area contributed by atoms with E-state index in [-0.39, 0.29) is 17.6 Å². The Balaban J connectivity index is 1.89. The van der Waals surface area contributed by atoms with Gasteiger partial charge in [-0.1, -0.05) is 25.9 Å². The van der Waals surface area contributed by atoms with Crippen molar-refractivity contribution in [3.05, 3.63) is 17.0 Å². The van der Waals surface area contributed by atoms with Crippen molar-refractivity contribution in [2.75, 3.05) is 20.2 Å². The summed E-state index contributed by atoms with van der Waals surface area (Å²) in [7, 11) is 1.79. The van der Waals surface area contributed by atoms with Crippen LogP contribution in [0.1, 0.15) is 50.6 Å². The normalized spacial score (nSPS) is 21.6. The summed E-state index contributed by atoms with van der Waals surface area (Å²) in [5.74, 6) is 1.12. The number of amides is 2. The summed E-state index contributed by atoms with van der Waals surface area (Å²) < 4.78 is 11.1. The van der Waals surface area contributed by atoms with Gasteiger partial charge in [-0.25, -0.2) is 4.79 Å². The molecule has 1 aliphatic rings. The van der Waals surface area contributed by atoms with Crippen molar-refractivity contribution in [3.8, 4) is 0 Å². The van der Waals surface area contributed by atoms with Crippen LogP contribution in [0.15, 0.2) is 4.52 Å². The molecule has 0 aromatic carbocycles. The summed E-state index contributed by atoms with van der Waals surface area (Å²) in [6.45, 7) is 12.3. The first kappa shape index (κ1) is 18.8. The van der Waals surface area contributed by atoms with Crippen molar-refractivity contribution in [3.63, 3.8) is 0 Å². The molecule has 24 heavy (non-hydrogen) atoms. The van der Waals surface area contributed by atoms with Crippen LogP contribution in [-0.2, 0) is 11.3 Å². The van der Waals surface area contributed by atoms with Crippen LogP contribution in [0.3, 0.4) is 0 Å². The number of hydrogen-bond acceptors (Lipinski definition) is 4. The largest absolute Gasteiger partial charge is 0.377 e. The maximum absolute atomic E-state index is 12.4. The van der Waals surface area contributed by atoms with E-state index in [1.165, 1.54) is 0 Å². The smallest absolute Gasteiger partial charge is 0.317 e. The first-order valence-corrected chi connectivity index (χ1v) is 8.72. The van der Waals surface area contributed by atoms with Crippen molar-refractivity contribution in [1.82, 2.24) is 15.4 Å². The van der Waals surface area contributed by atoms with Gasteiger partial charge in [-0.15, -0.1) is 0 Å². The van der Waals surface area contributed by atoms with Gasteiger partial charge in [0.2, 0.25) is 0 Å². The first-order chi connectivity index (χ1) is 11.2. The van der Waals surface area contributed by atoms with Crippen LogP contribution in [0.4, 0.5) is 4.79 Å². The number of nitrogens with zero attached hydrogens (tertiary/aromatic N) is 2. The summed E-state index contributed by atoms with van der Waals surface area (Å²) in [4.78, 5) is 14.1. The lowest BCUT2D eigenvalue weighted by molar-refractivity contribution is -0.0839. The van der Waals surface area contributed by atoms with Crippen LogP contribution in [0, 0.1) is 25.2 Å². The Morgan fingerprint density at radius 1 is 1.38 bits per heavy atom. The number of aromatic nitrogens is 1. The predicted octanol–water partition coefficient (Wildman–Crippen LogP) is 3.27. The van der Waals surface area contributed by atoms with Crippen LogP contribution < -0.4 is 5.32 Å². The second kappa shape index (κ2) is 7.55. The topological polar surface area (TPSA) is 67.6 Å². The first-order valence-electron chi connectivity index (χ1n) is 8.72. The van der Waals surface area contributed by atoms with Gasteiger partial charge >= 0.3 is 6.03 Å². The number of ether oxygens (including phenoxy) is 1. The molecule has 0 radical (unpaired) electrons. The van der Waals surface area contributed by atoms with Gasteiger partial charge in [0, 0.05) is 31.7 Å². The quantitative estimate of drug-likeness (QED) is 0.915. The number of urea groups is 1. The van der Waals surface area contributed by atoms with E-state index in [1.807, 2.05) is 13.8 Å². The highest BCUT2D eigenvalue weighted by atomic mass is 16.5. The fraction of sp³-hybridized carbons (Fsp3) is 0.778. The van der Waals surface area contributed by atoms with Gasteiger partial charge in [0.1, 0.15) is 5.76 Å². The highest BCUT2D eigenvalue weighted by molar-refractivity contribution is 5.73. The third-order valence-electron chi connectivity index (χ3n) is 4.74. The van der Waals surface area contributed by atoms with Crippen LogP contribution in [-0.4, -0.2) is 42.4 Å². The molecule has 136 valence electrons. The average Bonchev–Trinajstić information content (AvgIpc) is 2.83. The van der Waals surface area contributed by atoms with Gasteiger partial charge in [0.25, 0.3) is 0 Å². The molecule has 1 saturated heterocycles. The zero-order chi connectivity index (χ0) is 17.9. The monoisotopic (exact) mass is 337 g/mol. The van der Waals surface area contributed by atoms with E-state index < -0.39 is 0 Å². The van der Waals surface area contributed by atoms with Crippen LogP contribution in [0.5, 0.6) is 0 Å². The molecule has 1 aromatic rings. The van der Waals surface area contributed by atoms with E-state index >= 15 is 0 Å². The molecule has 2 amide bonds. The second-order valence-corrected chi connectivity index (χ2v) is 7.90. The Morgan fingerprint density at radius 2 is 2.08 bits per heavy atom. The number of nitrogens with one attached hydrogen (secondary N) is 1. The molecule has 0 unspecified atom stereocenters. The molecule has 2 atom stereocenters. The molecule has 1 aromatic heterocycles. The Labute approximate surface area is 144 Å². The van der Waals surface area contributed by atoms with Gasteiger partial charge in [-0.2, -0.15) is 0 Å². The SMILES string of the molecule is Cc1noc(C)c1CN(C)C(=O)NC[C@H]1CCCO[C@@H]1C(C)(C)C. The van der Waals surface area contributed by atoms with E-state index in [9.17, 15) is 4.79 Å². The number of aryl methyl sites for hydroxylation is 2. The minimum Gasteiger partial charge on any atom is -0.377 e. The van der Waals surface area contributed by atoms with Crippen molar-refractivity contribution >= 4 is 6.03 Å². The Bertz CT molecular complexity index is 543. The summed E-state index contributed by atoms with van der Waals surface area (Å²) >= 11 is 0. The number of carbonyl (C=O) groups excluding carboxylic acids is 1. The van der Waals surface area contributed by atoms with Gasteiger partial charge in [0.05, 0.1) is 18.3 Å². The molecule has 0 spiro atoms. The van der Waals surface area contributed by atoms with Crippen molar-refractivity contribution in [1.29, 1.82) is 0 Å². The minimum atomic E-state index is -0.0757. The second-order valence-electron chi connectivity index (χ2n) is 7.90. The summed E-state index contributed by atoms with van der Waals surface area (Å²) in [6.07, 6.45) is 2.33. The number of hydrogen-bond donors (Lipinski definition) is 1. The zero-order valence-corrected chi connectivity index (χ0v) is 15.8. The van der Waals surface area contributed by atoms with Gasteiger partial charge in [0.15, 0.2) is 0 Å². The molecule has 1 fully saturated rings. The Morgan fingerprint density at radius 3 is 2.67 bits per heavy atom. The van der Waals surface area contributed by atoms with Crippen molar-refractivity contribution in [2.24, 2.45) is 11.3 Å². The average molecular weight is 337 g/mol. The molecule has 6 heteroatoms. The molecule has 6 nitrogen and oxygen atoms in total. The number of carbonyl (C=O) groups is 1. The molecular weight excluding hydrogens is 306 g/mol. The summed E-state index contributed by atoms with van der Waals surface area (Å²) in [5.41, 5.74) is 1.89. The molecule has 0 aliphatic carbocycles. The lowest BCUT2D eigenvalue weighted by Crippen LogP contribution is -2.47. The predicted molar refractivity (Wildman–Crippen MR) is 92.8 cm³/mol. The zero-order valence-electron chi connectivity index (χ0n) is 15.8. The van der Waals surface area contributed by atoms with Crippen molar-refractivity contribution in [2.45, 2.75) is 60.1 Å². The van der Waals surface area contributed by atoms with E-state index in [0.717, 1.165) is 36.5 Å². The number of rotatable bonds is 4. The van der Waals surface area contributed by atoms with Crippen LogP contribution in [0.2, 0.25) is 0 Å². The molecule has 0 bridgehead atoms. The van der Waals surface area contributed by atoms with E-state index in [1.54, 1.807) is 11.9 Å². The molecule has 1 N–H and O–H groups in total. The molecule has 1 aliphatic heterocycles. The van der Waals surface area contributed by atoms with Crippen LogP contribution in [0.25, 0.3) is 0 Å². The highest BCUT2D eigenvalue weighted by Crippen LogP contribution is 2.33. The van der Waals surface area contributed by atoms with E-state index in [4.69, 9.17) is 9.26 Å². The van der Waals surface area contributed by atoms with Gasteiger partial charge in [-0.05, 0) is 32.1 Å². The van der Waals surface area contributed by atoms with E-state index in [2.05, 4.69) is 31.2 Å². The maximum atomic E-state index is 12.4. The van der Waals surface area contributed by atoms with E-state index in [0.29, 0.717) is 19.0 Å². The molecule has 2 heterocycles. The maximum Gasteiger partial charge on any atom is 0.317 e. The van der Waals surface area contributed by atoms with Crippen LogP contribution >= 0.6 is 0 Å². The third-order valence-corrected chi connectivity index (χ3v) is 4.74. The fourth-order valence-corrected chi connectivity index (χ4v) is 3.40. The van der Waals surface area contributed by atoms with Crippen molar-refractivity contribution < 1.29 is 14.1 Å². The highest BCUT2D eigenvalue weighted by Gasteiger charge is 2.35. The standard InChI is InChI=1S/C18H31N3O3/c1-12-15(13(2)24-20-12)11-21(6)17(22)19-10-14-8-7-9-23-16(14)18(3,4)5/h14,16H,7-11H2,1-6H3,(H,19,22)/t14-,16+/m1/s1. The summed E-state index contributed by atoms with van der Waals surface area (Å²) in [6, 6.07) is -0.0757. The lowest BCUT2D eigenvalue weighted by atomic mass is 9.78. The Hall–Kier alpha value is -1.56. The molecule has 2 rings (SSSR count). The lowest BCUT2D eigenvalue weighted by Gasteiger charge is -2.40. The summed E-state index contributed by atoms with van der Waals surface area (Å²) in [5, 5.41) is 7.00. The minimum absolute atomic E-state index is 0.0757. The van der Waals surface area contributed by atoms with Gasteiger partial charge < -0.3 is 19.5 Å². The fourth-order valence-electron chi connectivity index (χ4n) is 3.40. The molecular formula is C18H31N3O3. The molecule has 0 saturated carbocycles. The Kier molecular flexibility index (Phi) is 5.91. The third kappa shape index (κ3) is 4.50. The van der Waals surface area contributed by atoms with Gasteiger partial charge in [-0.3, -0.25) is 0 Å².